The molecular formula is C17H19NO2. The Labute approximate surface area is 119 Å². The van der Waals surface area contributed by atoms with Gasteiger partial charge in [-0.25, -0.2) is 0 Å². The molecule has 0 spiro atoms. The first kappa shape index (κ1) is 14.1. The molecule has 2 aromatic carbocycles. The first-order valence-corrected chi connectivity index (χ1v) is 6.81. The van der Waals surface area contributed by atoms with Crippen LogP contribution in [0.2, 0.25) is 0 Å². The van der Waals surface area contributed by atoms with Gasteiger partial charge in [0.15, 0.2) is 5.78 Å². The van der Waals surface area contributed by atoms with Crippen molar-refractivity contribution in [2.45, 2.75) is 20.3 Å². The Morgan fingerprint density at radius 2 is 1.80 bits per heavy atom. The molecule has 0 radical (unpaired) electrons. The van der Waals surface area contributed by atoms with E-state index >= 15 is 0 Å². The second-order valence-corrected chi connectivity index (χ2v) is 4.56. The summed E-state index contributed by atoms with van der Waals surface area (Å²) >= 11 is 0. The van der Waals surface area contributed by atoms with Gasteiger partial charge in [-0.15, -0.1) is 0 Å². The minimum absolute atomic E-state index is 0.0184. The highest BCUT2D eigenvalue weighted by Gasteiger charge is 2.13. The van der Waals surface area contributed by atoms with Crippen LogP contribution in [0.4, 0.5) is 5.69 Å². The Balaban J connectivity index is 2.36. The van der Waals surface area contributed by atoms with Crippen molar-refractivity contribution in [2.75, 3.05) is 12.3 Å². The monoisotopic (exact) mass is 269 g/mol. The predicted octanol–water partition coefficient (Wildman–Crippen LogP) is 3.46. The number of ketones is 1. The molecule has 0 amide bonds. The Hall–Kier alpha value is -2.29. The summed E-state index contributed by atoms with van der Waals surface area (Å²) in [6.07, 6.45) is 0.789. The third-order valence-corrected chi connectivity index (χ3v) is 3.19. The van der Waals surface area contributed by atoms with Gasteiger partial charge in [-0.1, -0.05) is 6.92 Å². The lowest BCUT2D eigenvalue weighted by Gasteiger charge is -2.10. The van der Waals surface area contributed by atoms with Gasteiger partial charge in [-0.3, -0.25) is 4.79 Å². The third kappa shape index (κ3) is 2.99. The van der Waals surface area contributed by atoms with Crippen LogP contribution in [0.15, 0.2) is 42.5 Å². The van der Waals surface area contributed by atoms with Crippen LogP contribution in [-0.4, -0.2) is 12.4 Å². The summed E-state index contributed by atoms with van der Waals surface area (Å²) in [7, 11) is 0. The number of anilines is 1. The van der Waals surface area contributed by atoms with Crippen LogP contribution in [0.5, 0.6) is 5.75 Å². The fourth-order valence-electron chi connectivity index (χ4n) is 2.13. The van der Waals surface area contributed by atoms with E-state index in [4.69, 9.17) is 10.5 Å². The second-order valence-electron chi connectivity index (χ2n) is 4.56. The lowest BCUT2D eigenvalue weighted by Crippen LogP contribution is -2.06. The van der Waals surface area contributed by atoms with Crippen LogP contribution >= 0.6 is 0 Å². The molecule has 0 bridgehead atoms. The van der Waals surface area contributed by atoms with Crippen molar-refractivity contribution in [3.05, 3.63) is 59.2 Å². The molecule has 0 saturated heterocycles. The van der Waals surface area contributed by atoms with Gasteiger partial charge in [0.05, 0.1) is 6.61 Å². The molecule has 0 aliphatic rings. The van der Waals surface area contributed by atoms with Crippen molar-refractivity contribution >= 4 is 11.5 Å². The summed E-state index contributed by atoms with van der Waals surface area (Å²) in [5, 5.41) is 0. The van der Waals surface area contributed by atoms with E-state index in [0.29, 0.717) is 17.9 Å². The van der Waals surface area contributed by atoms with Gasteiger partial charge in [0.2, 0.25) is 0 Å². The fourth-order valence-corrected chi connectivity index (χ4v) is 2.13. The van der Waals surface area contributed by atoms with Crippen LogP contribution < -0.4 is 10.5 Å². The van der Waals surface area contributed by atoms with Gasteiger partial charge in [-0.2, -0.15) is 0 Å². The SMILES string of the molecule is CCOc1ccc(C(=O)c2ccc(N)cc2)c(CC)c1. The Bertz CT molecular complexity index is 603. The molecule has 0 atom stereocenters. The molecule has 104 valence electrons. The standard InChI is InChI=1S/C17H19NO2/c1-3-12-11-15(20-4-2)9-10-16(12)17(19)13-5-7-14(18)8-6-13/h5-11H,3-4,18H2,1-2H3. The van der Waals surface area contributed by atoms with E-state index in [1.165, 1.54) is 0 Å². The first-order valence-electron chi connectivity index (χ1n) is 6.81. The van der Waals surface area contributed by atoms with Crippen molar-refractivity contribution in [3.8, 4) is 5.75 Å². The Kier molecular flexibility index (Phi) is 4.41. The lowest BCUT2D eigenvalue weighted by atomic mass is 9.96. The minimum atomic E-state index is 0.0184. The summed E-state index contributed by atoms with van der Waals surface area (Å²) in [5.74, 6) is 0.822. The molecule has 0 fully saturated rings. The summed E-state index contributed by atoms with van der Waals surface area (Å²) in [5.41, 5.74) is 8.68. The lowest BCUT2D eigenvalue weighted by molar-refractivity contribution is 0.103. The number of nitrogens with two attached hydrogens (primary N) is 1. The molecule has 3 nitrogen and oxygen atoms in total. The maximum absolute atomic E-state index is 12.5. The van der Waals surface area contributed by atoms with Crippen LogP contribution in [0.25, 0.3) is 0 Å². The Morgan fingerprint density at radius 3 is 2.40 bits per heavy atom. The van der Waals surface area contributed by atoms with E-state index in [0.717, 1.165) is 23.3 Å². The molecular weight excluding hydrogens is 250 g/mol. The van der Waals surface area contributed by atoms with Gasteiger partial charge in [-0.05, 0) is 61.4 Å². The summed E-state index contributed by atoms with van der Waals surface area (Å²) in [6, 6.07) is 12.6. The highest BCUT2D eigenvalue weighted by molar-refractivity contribution is 6.10. The van der Waals surface area contributed by atoms with Crippen LogP contribution in [0, 0.1) is 0 Å². The molecule has 2 rings (SSSR count). The average Bonchev–Trinajstić information content (AvgIpc) is 2.47. The molecule has 0 aliphatic heterocycles. The number of carbonyl (C=O) groups is 1. The zero-order chi connectivity index (χ0) is 14.5. The number of carbonyl (C=O) groups excluding carboxylic acids is 1. The predicted molar refractivity (Wildman–Crippen MR) is 81.3 cm³/mol. The topological polar surface area (TPSA) is 52.3 Å². The summed E-state index contributed by atoms with van der Waals surface area (Å²) in [4.78, 5) is 12.5. The zero-order valence-electron chi connectivity index (χ0n) is 11.8. The van der Waals surface area contributed by atoms with Crippen molar-refractivity contribution in [1.82, 2.24) is 0 Å². The number of hydrogen-bond acceptors (Lipinski definition) is 3. The number of nitrogen functional groups attached to an aromatic ring is 1. The third-order valence-electron chi connectivity index (χ3n) is 3.19. The first-order chi connectivity index (χ1) is 9.65. The van der Waals surface area contributed by atoms with Crippen LogP contribution in [-0.2, 0) is 6.42 Å². The quantitative estimate of drug-likeness (QED) is 0.668. The summed E-state index contributed by atoms with van der Waals surface area (Å²) < 4.78 is 5.48. The zero-order valence-corrected chi connectivity index (χ0v) is 11.8. The number of aryl methyl sites for hydroxylation is 1. The van der Waals surface area contributed by atoms with Gasteiger partial charge in [0.1, 0.15) is 5.75 Å². The van der Waals surface area contributed by atoms with Gasteiger partial charge in [0.25, 0.3) is 0 Å². The van der Waals surface area contributed by atoms with E-state index in [1.54, 1.807) is 24.3 Å². The van der Waals surface area contributed by atoms with Crippen molar-refractivity contribution in [2.24, 2.45) is 0 Å². The molecule has 0 unspecified atom stereocenters. The van der Waals surface area contributed by atoms with Crippen molar-refractivity contribution < 1.29 is 9.53 Å². The molecule has 0 heterocycles. The maximum Gasteiger partial charge on any atom is 0.193 e. The number of hydrogen-bond donors (Lipinski definition) is 1. The van der Waals surface area contributed by atoms with E-state index in [9.17, 15) is 4.79 Å². The maximum atomic E-state index is 12.5. The van der Waals surface area contributed by atoms with Crippen LogP contribution in [0.1, 0.15) is 35.3 Å². The van der Waals surface area contributed by atoms with E-state index < -0.39 is 0 Å². The average molecular weight is 269 g/mol. The van der Waals surface area contributed by atoms with Crippen molar-refractivity contribution in [1.29, 1.82) is 0 Å². The molecule has 0 aliphatic carbocycles. The van der Waals surface area contributed by atoms with Gasteiger partial charge >= 0.3 is 0 Å². The van der Waals surface area contributed by atoms with Crippen LogP contribution in [0.3, 0.4) is 0 Å². The number of benzene rings is 2. The minimum Gasteiger partial charge on any atom is -0.494 e. The highest BCUT2D eigenvalue weighted by atomic mass is 16.5. The molecule has 0 aromatic heterocycles. The van der Waals surface area contributed by atoms with E-state index in [1.807, 2.05) is 32.0 Å². The summed E-state index contributed by atoms with van der Waals surface area (Å²) in [6.45, 7) is 4.60. The second kappa shape index (κ2) is 6.24. The van der Waals surface area contributed by atoms with E-state index in [2.05, 4.69) is 0 Å². The van der Waals surface area contributed by atoms with E-state index in [-0.39, 0.29) is 5.78 Å². The van der Waals surface area contributed by atoms with Gasteiger partial charge < -0.3 is 10.5 Å². The van der Waals surface area contributed by atoms with Gasteiger partial charge in [0, 0.05) is 16.8 Å². The molecule has 3 heteroatoms. The molecule has 0 saturated carbocycles. The molecule has 20 heavy (non-hydrogen) atoms. The highest BCUT2D eigenvalue weighted by Crippen LogP contribution is 2.22. The fraction of sp³-hybridized carbons (Fsp3) is 0.235. The molecule has 2 aromatic rings. The normalized spacial score (nSPS) is 10.3. The molecule has 2 N–H and O–H groups in total. The number of rotatable bonds is 5. The Morgan fingerprint density at radius 1 is 1.10 bits per heavy atom. The number of ether oxygens (including phenoxy) is 1. The smallest absolute Gasteiger partial charge is 0.193 e. The van der Waals surface area contributed by atoms with Crippen molar-refractivity contribution in [3.63, 3.8) is 0 Å². The largest absolute Gasteiger partial charge is 0.494 e.